The number of aromatic nitrogens is 3. The van der Waals surface area contributed by atoms with Crippen molar-refractivity contribution in [2.45, 2.75) is 89.2 Å². The molecular weight excluding hydrogens is 432 g/mol. The van der Waals surface area contributed by atoms with Crippen molar-refractivity contribution in [3.63, 3.8) is 0 Å². The van der Waals surface area contributed by atoms with Crippen molar-refractivity contribution in [3.05, 3.63) is 18.6 Å². The van der Waals surface area contributed by atoms with E-state index in [0.717, 1.165) is 69.3 Å². The molecule has 186 valence electrons. The second-order valence-corrected chi connectivity index (χ2v) is 11.1. The molecule has 3 atom stereocenters. The molecule has 2 aromatic rings. The van der Waals surface area contributed by atoms with Crippen molar-refractivity contribution in [2.24, 2.45) is 0 Å². The van der Waals surface area contributed by atoms with E-state index in [1.54, 1.807) is 0 Å². The minimum atomic E-state index is -0.459. The van der Waals surface area contributed by atoms with E-state index in [0.29, 0.717) is 5.82 Å². The van der Waals surface area contributed by atoms with Crippen LogP contribution in [0.2, 0.25) is 0 Å². The van der Waals surface area contributed by atoms with E-state index >= 15 is 0 Å². The Morgan fingerprint density at radius 1 is 1.18 bits per heavy atom. The molecule has 0 radical (unpaired) electrons. The molecule has 0 saturated carbocycles. The molecule has 1 unspecified atom stereocenters. The molecule has 9 heteroatoms. The monoisotopic (exact) mass is 470 g/mol. The Labute approximate surface area is 201 Å². The molecule has 0 aliphatic carbocycles. The quantitative estimate of drug-likeness (QED) is 0.725. The van der Waals surface area contributed by atoms with E-state index in [1.807, 2.05) is 37.9 Å². The average molecular weight is 471 g/mol. The smallest absolute Gasteiger partial charge is 0.410 e. The lowest BCUT2D eigenvalue weighted by atomic mass is 9.87. The number of nitrogens with two attached hydrogens (primary N) is 1. The van der Waals surface area contributed by atoms with Gasteiger partial charge in [0.05, 0.1) is 11.5 Å². The predicted molar refractivity (Wildman–Crippen MR) is 130 cm³/mol. The summed E-state index contributed by atoms with van der Waals surface area (Å²) in [4.78, 5) is 25.7. The molecule has 0 bridgehead atoms. The van der Waals surface area contributed by atoms with Crippen LogP contribution in [0.5, 0.6) is 0 Å². The molecule has 5 heterocycles. The second kappa shape index (κ2) is 9.00. The number of carbonyl (C=O) groups excluding carboxylic acids is 1. The van der Waals surface area contributed by atoms with Crippen LogP contribution in [0.15, 0.2) is 18.6 Å². The van der Waals surface area contributed by atoms with Gasteiger partial charge < -0.3 is 24.7 Å². The summed E-state index contributed by atoms with van der Waals surface area (Å²) < 4.78 is 14.3. The van der Waals surface area contributed by atoms with Gasteiger partial charge in [-0.2, -0.15) is 0 Å². The largest absolute Gasteiger partial charge is 0.444 e. The zero-order chi connectivity index (χ0) is 23.9. The number of likely N-dealkylation sites (tertiary alicyclic amines) is 2. The van der Waals surface area contributed by atoms with Gasteiger partial charge in [-0.15, -0.1) is 0 Å². The third-order valence-corrected chi connectivity index (χ3v) is 7.67. The maximum Gasteiger partial charge on any atom is 0.410 e. The summed E-state index contributed by atoms with van der Waals surface area (Å²) in [6.45, 7) is 9.36. The van der Waals surface area contributed by atoms with Crippen molar-refractivity contribution in [1.82, 2.24) is 24.3 Å². The predicted octanol–water partition coefficient (Wildman–Crippen LogP) is 3.95. The summed E-state index contributed by atoms with van der Waals surface area (Å²) >= 11 is 0. The lowest BCUT2D eigenvalue weighted by Crippen LogP contribution is -2.48. The minimum Gasteiger partial charge on any atom is -0.444 e. The van der Waals surface area contributed by atoms with E-state index in [1.165, 1.54) is 19.2 Å². The van der Waals surface area contributed by atoms with Crippen molar-refractivity contribution < 1.29 is 14.3 Å². The van der Waals surface area contributed by atoms with Crippen LogP contribution in [-0.4, -0.2) is 73.9 Å². The summed E-state index contributed by atoms with van der Waals surface area (Å²) in [7, 11) is 0. The van der Waals surface area contributed by atoms with Crippen molar-refractivity contribution in [2.75, 3.05) is 31.9 Å². The highest BCUT2D eigenvalue weighted by atomic mass is 16.6. The molecule has 5 rings (SSSR count). The van der Waals surface area contributed by atoms with Crippen molar-refractivity contribution in [1.29, 1.82) is 0 Å². The topological polar surface area (TPSA) is 98.7 Å². The highest BCUT2D eigenvalue weighted by Gasteiger charge is 2.44. The number of carbonyl (C=O) groups is 1. The van der Waals surface area contributed by atoms with Gasteiger partial charge in [-0.25, -0.2) is 14.8 Å². The Morgan fingerprint density at radius 3 is 2.76 bits per heavy atom. The van der Waals surface area contributed by atoms with Gasteiger partial charge in [0.15, 0.2) is 0 Å². The van der Waals surface area contributed by atoms with E-state index in [4.69, 9.17) is 15.2 Å². The Bertz CT molecular complexity index is 1030. The summed E-state index contributed by atoms with van der Waals surface area (Å²) in [6.07, 6.45) is 11.1. The van der Waals surface area contributed by atoms with Crippen molar-refractivity contribution >= 4 is 22.9 Å². The average Bonchev–Trinajstić information content (AvgIpc) is 3.45. The van der Waals surface area contributed by atoms with Crippen LogP contribution in [-0.2, 0) is 9.47 Å². The van der Waals surface area contributed by atoms with Gasteiger partial charge in [0.2, 0.25) is 0 Å². The Hall–Kier alpha value is -2.39. The zero-order valence-electron chi connectivity index (χ0n) is 20.7. The molecule has 1 spiro atoms. The molecular formula is C25H38N6O3. The van der Waals surface area contributed by atoms with Gasteiger partial charge in [-0.05, 0) is 78.3 Å². The van der Waals surface area contributed by atoms with Gasteiger partial charge in [0.25, 0.3) is 0 Å². The number of anilines is 1. The molecule has 34 heavy (non-hydrogen) atoms. The van der Waals surface area contributed by atoms with Crippen LogP contribution in [0.25, 0.3) is 11.0 Å². The first kappa shape index (κ1) is 23.4. The number of hydrogen-bond acceptors (Lipinski definition) is 7. The molecule has 3 aliphatic heterocycles. The van der Waals surface area contributed by atoms with Gasteiger partial charge in [-0.3, -0.25) is 4.90 Å². The van der Waals surface area contributed by atoms with Gasteiger partial charge in [0.1, 0.15) is 29.6 Å². The normalized spacial score (nSPS) is 28.6. The summed E-state index contributed by atoms with van der Waals surface area (Å²) in [5.41, 5.74) is 6.55. The first-order valence-electron chi connectivity index (χ1n) is 12.7. The van der Waals surface area contributed by atoms with Gasteiger partial charge in [-0.1, -0.05) is 0 Å². The summed E-state index contributed by atoms with van der Waals surface area (Å²) in [5, 5.41) is 0.876. The number of amides is 1. The van der Waals surface area contributed by atoms with Gasteiger partial charge in [0, 0.05) is 31.4 Å². The molecule has 3 fully saturated rings. The molecule has 3 saturated heterocycles. The minimum absolute atomic E-state index is 0.0212. The van der Waals surface area contributed by atoms with E-state index in [-0.39, 0.29) is 24.0 Å². The third kappa shape index (κ3) is 4.60. The third-order valence-electron chi connectivity index (χ3n) is 7.67. The number of nitrogens with zero attached hydrogens (tertiary/aromatic N) is 5. The molecule has 1 amide bonds. The van der Waals surface area contributed by atoms with Crippen LogP contribution in [0, 0.1) is 0 Å². The Morgan fingerprint density at radius 2 is 1.97 bits per heavy atom. The number of hydrogen-bond donors (Lipinski definition) is 1. The SMILES string of the molecule is CC(C)(C)OC(=O)N1CCCC2(CCCN2C[C@@H]2CC[C@H](n3ccc4c(N)ncnc43)O2)CC1. The number of nitrogen functional groups attached to an aromatic ring is 1. The van der Waals surface area contributed by atoms with E-state index in [9.17, 15) is 4.79 Å². The maximum atomic E-state index is 12.6. The highest BCUT2D eigenvalue weighted by Crippen LogP contribution is 2.40. The van der Waals surface area contributed by atoms with E-state index in [2.05, 4.69) is 19.4 Å². The highest BCUT2D eigenvalue weighted by molar-refractivity contribution is 5.86. The Balaban J connectivity index is 1.22. The number of ether oxygens (including phenoxy) is 2. The lowest BCUT2D eigenvalue weighted by molar-refractivity contribution is -0.0258. The molecule has 2 N–H and O–H groups in total. The zero-order valence-corrected chi connectivity index (χ0v) is 20.7. The molecule has 0 aromatic carbocycles. The Kier molecular flexibility index (Phi) is 6.18. The first-order chi connectivity index (χ1) is 16.2. The fourth-order valence-electron chi connectivity index (χ4n) is 6.03. The van der Waals surface area contributed by atoms with Crippen LogP contribution in [0.4, 0.5) is 10.6 Å². The first-order valence-corrected chi connectivity index (χ1v) is 12.7. The summed E-state index contributed by atoms with van der Waals surface area (Å²) in [5.74, 6) is 0.506. The molecule has 2 aromatic heterocycles. The van der Waals surface area contributed by atoms with Crippen LogP contribution in [0.1, 0.15) is 71.9 Å². The lowest BCUT2D eigenvalue weighted by Gasteiger charge is -2.39. The van der Waals surface area contributed by atoms with E-state index < -0.39 is 5.60 Å². The molecule has 9 nitrogen and oxygen atoms in total. The van der Waals surface area contributed by atoms with Crippen LogP contribution in [0.3, 0.4) is 0 Å². The standard InChI is InChI=1S/C25H38N6O3/c1-24(2,3)34-23(32)29-12-4-9-25(11-15-29)10-5-13-30(25)16-18-6-7-20(33-18)31-14-8-19-21(26)27-17-28-22(19)31/h8,14,17-18,20H,4-7,9-13,15-16H2,1-3H3,(H2,26,27,28)/t18-,20+,25?/m0/s1. The summed E-state index contributed by atoms with van der Waals surface area (Å²) in [6, 6.07) is 1.97. The maximum absolute atomic E-state index is 12.6. The van der Waals surface area contributed by atoms with Crippen LogP contribution < -0.4 is 5.73 Å². The number of fused-ring (bicyclic) bond motifs is 1. The second-order valence-electron chi connectivity index (χ2n) is 11.1. The van der Waals surface area contributed by atoms with Crippen molar-refractivity contribution in [3.8, 4) is 0 Å². The fourth-order valence-corrected chi connectivity index (χ4v) is 6.03. The molecule has 3 aliphatic rings. The number of rotatable bonds is 3. The van der Waals surface area contributed by atoms with Gasteiger partial charge >= 0.3 is 6.09 Å². The fraction of sp³-hybridized carbons (Fsp3) is 0.720. The van der Waals surface area contributed by atoms with Crippen LogP contribution >= 0.6 is 0 Å².